The van der Waals surface area contributed by atoms with Crippen molar-refractivity contribution in [2.45, 2.75) is 26.3 Å². The van der Waals surface area contributed by atoms with Crippen LogP contribution in [-0.4, -0.2) is 28.6 Å². The maximum absolute atomic E-state index is 11.4. The second-order valence-corrected chi connectivity index (χ2v) is 4.48. The van der Waals surface area contributed by atoms with Crippen LogP contribution in [0, 0.1) is 0 Å². The minimum atomic E-state index is 0.106. The van der Waals surface area contributed by atoms with E-state index in [4.69, 9.17) is 0 Å². The summed E-state index contributed by atoms with van der Waals surface area (Å²) in [4.78, 5) is 11.4. The number of pyridine rings is 1. The van der Waals surface area contributed by atoms with E-state index in [0.29, 0.717) is 13.0 Å². The van der Waals surface area contributed by atoms with Crippen LogP contribution in [0.4, 0.5) is 0 Å². The van der Waals surface area contributed by atoms with Crippen molar-refractivity contribution in [1.29, 1.82) is 0 Å². The van der Waals surface area contributed by atoms with Crippen LogP contribution in [0.15, 0.2) is 30.6 Å². The van der Waals surface area contributed by atoms with Gasteiger partial charge in [-0.05, 0) is 18.6 Å². The number of nitrogens with one attached hydrogen (secondary N) is 2. The van der Waals surface area contributed by atoms with Gasteiger partial charge in [-0.15, -0.1) is 0 Å². The molecule has 0 unspecified atom stereocenters. The summed E-state index contributed by atoms with van der Waals surface area (Å²) < 4.78 is 1.85. The van der Waals surface area contributed by atoms with E-state index in [2.05, 4.69) is 15.7 Å². The molecule has 0 saturated carbocycles. The molecule has 0 aliphatic heterocycles. The number of hydrogen-bond donors (Lipinski definition) is 2. The largest absolute Gasteiger partial charge is 0.356 e. The lowest BCUT2D eigenvalue weighted by Crippen LogP contribution is -2.27. The predicted octanol–water partition coefficient (Wildman–Crippen LogP) is 1.34. The normalized spacial score (nSPS) is 10.8. The highest BCUT2D eigenvalue weighted by molar-refractivity contribution is 5.75. The molecular formula is C14H20N4O. The van der Waals surface area contributed by atoms with Crippen LogP contribution in [-0.2, 0) is 11.3 Å². The molecular weight excluding hydrogens is 240 g/mol. The standard InChI is InChI=1S/C14H20N4O/c1-2-7-16-14(19)6-8-15-10-12-11-17-18-9-4-3-5-13(12)18/h3-5,9,11,15H,2,6-8,10H2,1H3,(H,16,19). The number of rotatable bonds is 7. The maximum atomic E-state index is 11.4. The fraction of sp³-hybridized carbons (Fsp3) is 0.429. The van der Waals surface area contributed by atoms with Gasteiger partial charge in [0.05, 0.1) is 11.7 Å². The monoisotopic (exact) mass is 260 g/mol. The van der Waals surface area contributed by atoms with Gasteiger partial charge in [0, 0.05) is 37.8 Å². The Morgan fingerprint density at radius 3 is 3.11 bits per heavy atom. The second-order valence-electron chi connectivity index (χ2n) is 4.48. The molecule has 2 aromatic rings. The van der Waals surface area contributed by atoms with Crippen LogP contribution in [0.1, 0.15) is 25.3 Å². The molecule has 2 rings (SSSR count). The highest BCUT2D eigenvalue weighted by Gasteiger charge is 2.03. The molecule has 2 N–H and O–H groups in total. The van der Waals surface area contributed by atoms with Crippen LogP contribution < -0.4 is 10.6 Å². The number of hydrogen-bond acceptors (Lipinski definition) is 3. The molecule has 19 heavy (non-hydrogen) atoms. The van der Waals surface area contributed by atoms with Gasteiger partial charge in [-0.1, -0.05) is 13.0 Å². The quantitative estimate of drug-likeness (QED) is 0.739. The molecule has 1 amide bonds. The molecule has 2 heterocycles. The number of aromatic nitrogens is 2. The van der Waals surface area contributed by atoms with Gasteiger partial charge in [-0.25, -0.2) is 4.52 Å². The minimum absolute atomic E-state index is 0.106. The summed E-state index contributed by atoms with van der Waals surface area (Å²) in [6.45, 7) is 4.21. The van der Waals surface area contributed by atoms with Gasteiger partial charge in [0.1, 0.15) is 0 Å². The molecule has 0 atom stereocenters. The zero-order valence-electron chi connectivity index (χ0n) is 11.2. The molecule has 0 radical (unpaired) electrons. The fourth-order valence-corrected chi connectivity index (χ4v) is 1.90. The van der Waals surface area contributed by atoms with E-state index in [1.165, 1.54) is 0 Å². The van der Waals surface area contributed by atoms with Crippen molar-refractivity contribution in [2.75, 3.05) is 13.1 Å². The lowest BCUT2D eigenvalue weighted by Gasteiger charge is -2.05. The average Bonchev–Trinajstić information content (AvgIpc) is 2.85. The third-order valence-electron chi connectivity index (χ3n) is 2.92. The number of fused-ring (bicyclic) bond motifs is 1. The highest BCUT2D eigenvalue weighted by Crippen LogP contribution is 2.08. The molecule has 0 aliphatic carbocycles. The van der Waals surface area contributed by atoms with E-state index >= 15 is 0 Å². The van der Waals surface area contributed by atoms with Gasteiger partial charge in [-0.2, -0.15) is 5.10 Å². The van der Waals surface area contributed by atoms with Gasteiger partial charge >= 0.3 is 0 Å². The van der Waals surface area contributed by atoms with Crippen molar-refractivity contribution in [2.24, 2.45) is 0 Å². The summed E-state index contributed by atoms with van der Waals surface area (Å²) in [7, 11) is 0. The lowest BCUT2D eigenvalue weighted by atomic mass is 10.2. The van der Waals surface area contributed by atoms with Crippen LogP contribution in [0.2, 0.25) is 0 Å². The minimum Gasteiger partial charge on any atom is -0.356 e. The summed E-state index contributed by atoms with van der Waals surface area (Å²) in [5.74, 6) is 0.106. The van der Waals surface area contributed by atoms with Gasteiger partial charge in [-0.3, -0.25) is 4.79 Å². The van der Waals surface area contributed by atoms with Crippen LogP contribution in [0.25, 0.3) is 5.52 Å². The molecule has 0 aromatic carbocycles. The van der Waals surface area contributed by atoms with Gasteiger partial charge in [0.2, 0.25) is 5.91 Å². The summed E-state index contributed by atoms with van der Waals surface area (Å²) in [6.07, 6.45) is 5.28. The maximum Gasteiger partial charge on any atom is 0.221 e. The summed E-state index contributed by atoms with van der Waals surface area (Å²) >= 11 is 0. The van der Waals surface area contributed by atoms with Crippen molar-refractivity contribution in [3.05, 3.63) is 36.2 Å². The van der Waals surface area contributed by atoms with Crippen LogP contribution >= 0.6 is 0 Å². The lowest BCUT2D eigenvalue weighted by molar-refractivity contribution is -0.120. The third-order valence-corrected chi connectivity index (χ3v) is 2.92. The third kappa shape index (κ3) is 3.79. The zero-order valence-corrected chi connectivity index (χ0v) is 11.2. The van der Waals surface area contributed by atoms with E-state index in [1.807, 2.05) is 42.0 Å². The molecule has 0 aliphatic rings. The van der Waals surface area contributed by atoms with E-state index in [9.17, 15) is 4.79 Å². The first-order chi connectivity index (χ1) is 9.31. The van der Waals surface area contributed by atoms with Crippen molar-refractivity contribution < 1.29 is 4.79 Å². The van der Waals surface area contributed by atoms with Gasteiger partial charge < -0.3 is 10.6 Å². The van der Waals surface area contributed by atoms with Gasteiger partial charge in [0.25, 0.3) is 0 Å². The van der Waals surface area contributed by atoms with E-state index in [0.717, 1.165) is 30.6 Å². The molecule has 2 aromatic heterocycles. The van der Waals surface area contributed by atoms with Crippen molar-refractivity contribution >= 4 is 11.4 Å². The molecule has 0 saturated heterocycles. The Hall–Kier alpha value is -1.88. The number of carbonyl (C=O) groups excluding carboxylic acids is 1. The SMILES string of the molecule is CCCNC(=O)CCNCc1cnn2ccccc12. The van der Waals surface area contributed by atoms with Crippen molar-refractivity contribution in [1.82, 2.24) is 20.2 Å². The summed E-state index contributed by atoms with van der Waals surface area (Å²) in [6, 6.07) is 5.99. The Balaban J connectivity index is 1.75. The molecule has 102 valence electrons. The Labute approximate surface area is 113 Å². The fourth-order valence-electron chi connectivity index (χ4n) is 1.90. The molecule has 5 nitrogen and oxygen atoms in total. The highest BCUT2D eigenvalue weighted by atomic mass is 16.1. The van der Waals surface area contributed by atoms with Crippen molar-refractivity contribution in [3.8, 4) is 0 Å². The molecule has 0 fully saturated rings. The second kappa shape index (κ2) is 6.89. The molecule has 0 bridgehead atoms. The molecule has 5 heteroatoms. The first-order valence-corrected chi connectivity index (χ1v) is 6.70. The first kappa shape index (κ1) is 13.5. The van der Waals surface area contributed by atoms with Crippen LogP contribution in [0.5, 0.6) is 0 Å². The number of carbonyl (C=O) groups is 1. The summed E-state index contributed by atoms with van der Waals surface area (Å²) in [5.41, 5.74) is 2.25. The Morgan fingerprint density at radius 1 is 1.37 bits per heavy atom. The predicted molar refractivity (Wildman–Crippen MR) is 74.8 cm³/mol. The smallest absolute Gasteiger partial charge is 0.221 e. The van der Waals surface area contributed by atoms with E-state index < -0.39 is 0 Å². The Kier molecular flexibility index (Phi) is 4.92. The van der Waals surface area contributed by atoms with E-state index in [-0.39, 0.29) is 5.91 Å². The van der Waals surface area contributed by atoms with Gasteiger partial charge in [0.15, 0.2) is 0 Å². The molecule has 0 spiro atoms. The Bertz CT molecular complexity index is 535. The topological polar surface area (TPSA) is 58.4 Å². The van der Waals surface area contributed by atoms with Crippen molar-refractivity contribution in [3.63, 3.8) is 0 Å². The van der Waals surface area contributed by atoms with Crippen LogP contribution in [0.3, 0.4) is 0 Å². The van der Waals surface area contributed by atoms with E-state index in [1.54, 1.807) is 0 Å². The zero-order chi connectivity index (χ0) is 13.5. The summed E-state index contributed by atoms with van der Waals surface area (Å²) in [5, 5.41) is 10.4. The number of nitrogens with zero attached hydrogens (tertiary/aromatic N) is 2. The number of amides is 1. The first-order valence-electron chi connectivity index (χ1n) is 6.70. The Morgan fingerprint density at radius 2 is 2.26 bits per heavy atom. The average molecular weight is 260 g/mol.